The second kappa shape index (κ2) is 17.8. The number of hydrogen-bond donors (Lipinski definition) is 0. The predicted molar refractivity (Wildman–Crippen MR) is 202 cm³/mol. The molecule has 2 heteroatoms. The number of nitrogens with zero attached hydrogens (tertiary/aromatic N) is 2. The highest BCUT2D eigenvalue weighted by atomic mass is 15.1. The molecule has 1 heterocycles. The van der Waals surface area contributed by atoms with Crippen LogP contribution in [0.15, 0.2) is 122 Å². The summed E-state index contributed by atoms with van der Waals surface area (Å²) in [6.45, 7) is 6.72. The van der Waals surface area contributed by atoms with Crippen molar-refractivity contribution < 1.29 is 0 Å². The van der Waals surface area contributed by atoms with E-state index in [0.717, 1.165) is 57.6 Å². The number of anilines is 1. The minimum Gasteiger partial charge on any atom is -0.372 e. The molecule has 5 aromatic rings. The smallest absolute Gasteiger partial charge is 0.0366 e. The molecule has 232 valence electrons. The summed E-state index contributed by atoms with van der Waals surface area (Å²) < 4.78 is 0. The first kappa shape index (κ1) is 32.8. The predicted octanol–water partition coefficient (Wildman–Crippen LogP) is 10.6. The SMILES string of the molecule is CCCCN(CCCC)c1ccc(/C=C/c2cc(C#Cc3ccccc3)c(/C=C/c3ccncc3)cc2C#Cc2ccccc2)cc1. The van der Waals surface area contributed by atoms with Gasteiger partial charge in [0.05, 0.1) is 0 Å². The number of benzene rings is 4. The Morgan fingerprint density at radius 2 is 1.00 bits per heavy atom. The van der Waals surface area contributed by atoms with Gasteiger partial charge in [0.1, 0.15) is 0 Å². The molecule has 0 spiro atoms. The van der Waals surface area contributed by atoms with Gasteiger partial charge < -0.3 is 4.90 Å². The van der Waals surface area contributed by atoms with Crippen LogP contribution in [-0.4, -0.2) is 18.1 Å². The molecule has 47 heavy (non-hydrogen) atoms. The fourth-order valence-electron chi connectivity index (χ4n) is 5.16. The van der Waals surface area contributed by atoms with Crippen LogP contribution in [0.2, 0.25) is 0 Å². The average Bonchev–Trinajstić information content (AvgIpc) is 3.13. The highest BCUT2D eigenvalue weighted by Crippen LogP contribution is 2.23. The molecule has 4 aromatic carbocycles. The lowest BCUT2D eigenvalue weighted by Gasteiger charge is -2.24. The van der Waals surface area contributed by atoms with E-state index < -0.39 is 0 Å². The Hall–Kier alpha value is -5.57. The highest BCUT2D eigenvalue weighted by molar-refractivity contribution is 5.79. The van der Waals surface area contributed by atoms with Crippen molar-refractivity contribution in [2.24, 2.45) is 0 Å². The molecule has 0 saturated carbocycles. The molecule has 0 aliphatic rings. The summed E-state index contributed by atoms with van der Waals surface area (Å²) in [6, 6.07) is 37.5. The molecule has 0 N–H and O–H groups in total. The van der Waals surface area contributed by atoms with Crippen molar-refractivity contribution >= 4 is 30.0 Å². The fourth-order valence-corrected chi connectivity index (χ4v) is 5.16. The topological polar surface area (TPSA) is 16.1 Å². The van der Waals surface area contributed by atoms with Crippen molar-refractivity contribution in [3.63, 3.8) is 0 Å². The molecule has 0 aliphatic carbocycles. The second-order valence-corrected chi connectivity index (χ2v) is 11.5. The van der Waals surface area contributed by atoms with Crippen molar-refractivity contribution in [2.75, 3.05) is 18.0 Å². The first-order chi connectivity index (χ1) is 23.2. The maximum absolute atomic E-state index is 4.16. The Morgan fingerprint density at radius 3 is 1.47 bits per heavy atom. The van der Waals surface area contributed by atoms with Gasteiger partial charge in [-0.2, -0.15) is 0 Å². The molecule has 0 fully saturated rings. The van der Waals surface area contributed by atoms with Gasteiger partial charge in [0.2, 0.25) is 0 Å². The summed E-state index contributed by atoms with van der Waals surface area (Å²) in [5, 5.41) is 0. The van der Waals surface area contributed by atoms with E-state index in [1.165, 1.54) is 31.4 Å². The normalized spacial score (nSPS) is 10.8. The van der Waals surface area contributed by atoms with Crippen LogP contribution in [0, 0.1) is 23.7 Å². The molecular formula is C45H42N2. The highest BCUT2D eigenvalue weighted by Gasteiger charge is 2.07. The van der Waals surface area contributed by atoms with Gasteiger partial charge in [0, 0.05) is 53.4 Å². The third kappa shape index (κ3) is 10.2. The average molecular weight is 611 g/mol. The third-order valence-corrected chi connectivity index (χ3v) is 7.89. The summed E-state index contributed by atoms with van der Waals surface area (Å²) in [4.78, 5) is 6.68. The molecule has 2 nitrogen and oxygen atoms in total. The molecule has 0 aliphatic heterocycles. The van der Waals surface area contributed by atoms with Crippen molar-refractivity contribution in [2.45, 2.75) is 39.5 Å². The van der Waals surface area contributed by atoms with Crippen LogP contribution in [0.4, 0.5) is 5.69 Å². The first-order valence-corrected chi connectivity index (χ1v) is 16.6. The van der Waals surface area contributed by atoms with E-state index in [1.54, 1.807) is 12.4 Å². The summed E-state index contributed by atoms with van der Waals surface area (Å²) in [5.74, 6) is 13.7. The van der Waals surface area contributed by atoms with Crippen LogP contribution < -0.4 is 4.90 Å². The Kier molecular flexibility index (Phi) is 12.4. The van der Waals surface area contributed by atoms with Gasteiger partial charge in [-0.05, 0) is 95.8 Å². The van der Waals surface area contributed by atoms with E-state index in [2.05, 4.69) is 108 Å². The Bertz CT molecular complexity index is 1870. The molecule has 1 aromatic heterocycles. The lowest BCUT2D eigenvalue weighted by atomic mass is 9.96. The number of hydrogen-bond acceptors (Lipinski definition) is 2. The molecule has 0 amide bonds. The van der Waals surface area contributed by atoms with Crippen molar-refractivity contribution in [3.05, 3.63) is 166 Å². The minimum atomic E-state index is 0.946. The van der Waals surface area contributed by atoms with Gasteiger partial charge in [0.15, 0.2) is 0 Å². The van der Waals surface area contributed by atoms with Crippen LogP contribution in [0.3, 0.4) is 0 Å². The monoisotopic (exact) mass is 610 g/mol. The zero-order valence-electron chi connectivity index (χ0n) is 27.5. The summed E-state index contributed by atoms with van der Waals surface area (Å²) >= 11 is 0. The second-order valence-electron chi connectivity index (χ2n) is 11.5. The zero-order valence-corrected chi connectivity index (χ0v) is 27.5. The standard InChI is InChI=1S/C45H42N2/c1-3-5-33-47(34-6-4-2)45-27-21-39(22-28-45)19-25-43-35-42(24-18-38-15-11-8-12-16-38)44(26-20-40-29-31-46-32-30-40)36-41(43)23-17-37-13-9-7-10-14-37/h7-16,19-22,25-32,35-36H,3-6,33-34H2,1-2H3/b25-19+,26-20+. The van der Waals surface area contributed by atoms with E-state index in [0.29, 0.717) is 0 Å². The quantitative estimate of drug-likeness (QED) is 0.109. The van der Waals surface area contributed by atoms with Crippen molar-refractivity contribution in [1.82, 2.24) is 4.98 Å². The molecule has 0 unspecified atom stereocenters. The number of unbranched alkanes of at least 4 members (excludes halogenated alkanes) is 2. The molecule has 0 bridgehead atoms. The largest absolute Gasteiger partial charge is 0.372 e. The summed E-state index contributed by atoms with van der Waals surface area (Å²) in [7, 11) is 0. The van der Waals surface area contributed by atoms with Gasteiger partial charge in [-0.15, -0.1) is 0 Å². The van der Waals surface area contributed by atoms with E-state index in [1.807, 2.05) is 72.8 Å². The Morgan fingerprint density at radius 1 is 0.532 bits per heavy atom. The maximum atomic E-state index is 4.16. The zero-order chi connectivity index (χ0) is 32.5. The van der Waals surface area contributed by atoms with Crippen LogP contribution in [0.1, 0.15) is 84.0 Å². The van der Waals surface area contributed by atoms with E-state index in [-0.39, 0.29) is 0 Å². The molecule has 0 atom stereocenters. The minimum absolute atomic E-state index is 0.946. The van der Waals surface area contributed by atoms with Crippen LogP contribution in [0.25, 0.3) is 24.3 Å². The summed E-state index contributed by atoms with van der Waals surface area (Å²) in [6.07, 6.45) is 17.0. The van der Waals surface area contributed by atoms with Gasteiger partial charge in [-0.25, -0.2) is 0 Å². The van der Waals surface area contributed by atoms with Crippen LogP contribution >= 0.6 is 0 Å². The van der Waals surface area contributed by atoms with E-state index >= 15 is 0 Å². The van der Waals surface area contributed by atoms with Crippen molar-refractivity contribution in [3.8, 4) is 23.7 Å². The molecular weight excluding hydrogens is 569 g/mol. The molecule has 0 radical (unpaired) electrons. The number of aromatic nitrogens is 1. The number of rotatable bonds is 11. The first-order valence-electron chi connectivity index (χ1n) is 16.6. The Balaban J connectivity index is 1.54. The van der Waals surface area contributed by atoms with Crippen LogP contribution in [-0.2, 0) is 0 Å². The molecule has 5 rings (SSSR count). The Labute approximate surface area is 281 Å². The van der Waals surface area contributed by atoms with Gasteiger partial charge in [0.25, 0.3) is 0 Å². The van der Waals surface area contributed by atoms with Crippen LogP contribution in [0.5, 0.6) is 0 Å². The van der Waals surface area contributed by atoms with Gasteiger partial charge in [-0.3, -0.25) is 4.98 Å². The van der Waals surface area contributed by atoms with Gasteiger partial charge in [-0.1, -0.05) is 123 Å². The maximum Gasteiger partial charge on any atom is 0.0366 e. The number of pyridine rings is 1. The lowest BCUT2D eigenvalue weighted by Crippen LogP contribution is -2.25. The fraction of sp³-hybridized carbons (Fsp3) is 0.178. The van der Waals surface area contributed by atoms with Crippen molar-refractivity contribution in [1.29, 1.82) is 0 Å². The summed E-state index contributed by atoms with van der Waals surface area (Å²) in [5.41, 5.74) is 9.43. The third-order valence-electron chi connectivity index (χ3n) is 7.89. The van der Waals surface area contributed by atoms with E-state index in [4.69, 9.17) is 0 Å². The lowest BCUT2D eigenvalue weighted by molar-refractivity contribution is 0.678. The molecule has 0 saturated heterocycles. The van der Waals surface area contributed by atoms with E-state index in [9.17, 15) is 0 Å². The van der Waals surface area contributed by atoms with Gasteiger partial charge >= 0.3 is 0 Å².